The van der Waals surface area contributed by atoms with Crippen molar-refractivity contribution in [1.82, 2.24) is 0 Å². The first-order chi connectivity index (χ1) is 10.1. The summed E-state index contributed by atoms with van der Waals surface area (Å²) in [5.74, 6) is -0.757. The van der Waals surface area contributed by atoms with Crippen LogP contribution in [0.4, 0.5) is 0 Å². The second-order valence-corrected chi connectivity index (χ2v) is 4.63. The zero-order valence-electron chi connectivity index (χ0n) is 11.5. The van der Waals surface area contributed by atoms with Crippen LogP contribution >= 0.6 is 0 Å². The predicted molar refractivity (Wildman–Crippen MR) is 65.6 cm³/mol. The predicted octanol–water partition coefficient (Wildman–Crippen LogP) is 1.21. The van der Waals surface area contributed by atoms with Crippen molar-refractivity contribution in [2.24, 2.45) is 11.3 Å². The van der Waals surface area contributed by atoms with Gasteiger partial charge in [0.25, 0.3) is 0 Å². The number of carboxylic acid groups (broad SMARTS) is 1. The van der Waals surface area contributed by atoms with Crippen LogP contribution in [0.1, 0.15) is 25.7 Å². The first-order valence-corrected chi connectivity index (χ1v) is 6.85. The third-order valence-corrected chi connectivity index (χ3v) is 3.37. The Bertz CT molecular complexity index is 392. The van der Waals surface area contributed by atoms with E-state index in [0.29, 0.717) is 26.1 Å². The minimum atomic E-state index is -1.18. The molecule has 1 N–H and O–H groups in total. The molecule has 0 aromatic heterocycles. The van der Waals surface area contributed by atoms with E-state index < -0.39 is 11.4 Å². The Hall–Kier alpha value is -1.31. The van der Waals surface area contributed by atoms with Gasteiger partial charge in [-0.3, -0.25) is 4.79 Å². The molecule has 0 atom stereocenters. The van der Waals surface area contributed by atoms with Gasteiger partial charge < -0.3 is 14.6 Å². The number of hydrogen-bond acceptors (Lipinski definition) is 6. The van der Waals surface area contributed by atoms with E-state index in [1.54, 1.807) is 0 Å². The van der Waals surface area contributed by atoms with E-state index in [4.69, 9.17) is 28.9 Å². The Morgan fingerprint density at radius 2 is 1.57 bits per heavy atom. The van der Waals surface area contributed by atoms with Crippen LogP contribution in [0.3, 0.4) is 0 Å². The van der Waals surface area contributed by atoms with Gasteiger partial charge in [0.15, 0.2) is 5.41 Å². The quantitative estimate of drug-likeness (QED) is 0.709. The molecule has 7 nitrogen and oxygen atoms in total. The fourth-order valence-electron chi connectivity index (χ4n) is 1.92. The zero-order chi connectivity index (χ0) is 16.1. The molecular formula is C13H18CuN2O5. The molecule has 2 rings (SSSR count). The molecule has 2 heterocycles. The number of nitrogens with zero attached hydrogens (tertiary/aromatic N) is 2. The summed E-state index contributed by atoms with van der Waals surface area (Å²) in [7, 11) is 0. The Kier molecular flexibility index (Phi) is 10.7. The van der Waals surface area contributed by atoms with Crippen LogP contribution < -0.4 is 0 Å². The number of carboxylic acids is 1. The molecule has 0 saturated carbocycles. The maximum absolute atomic E-state index is 10.6. The molecule has 0 unspecified atom stereocenters. The van der Waals surface area contributed by atoms with E-state index in [-0.39, 0.29) is 5.92 Å². The molecule has 2 fully saturated rings. The number of ether oxygens (including phenoxy) is 2. The van der Waals surface area contributed by atoms with Crippen molar-refractivity contribution in [3.05, 3.63) is 0 Å². The third kappa shape index (κ3) is 6.79. The molecule has 8 heteroatoms. The Morgan fingerprint density at radius 3 is 1.86 bits per heavy atom. The van der Waals surface area contributed by atoms with Gasteiger partial charge in [0.2, 0.25) is 0 Å². The van der Waals surface area contributed by atoms with Crippen LogP contribution in [-0.2, 0) is 34.0 Å². The van der Waals surface area contributed by atoms with E-state index in [2.05, 4.69) is 22.0 Å². The minimum absolute atomic E-state index is 0.267. The summed E-state index contributed by atoms with van der Waals surface area (Å²) in [6, 6.07) is 4.06. The van der Waals surface area contributed by atoms with Crippen LogP contribution in [0, 0.1) is 34.0 Å². The number of rotatable bonds is 1. The summed E-state index contributed by atoms with van der Waals surface area (Å²) < 4.78 is 17.8. The van der Waals surface area contributed by atoms with Gasteiger partial charge in [0, 0.05) is 39.3 Å². The molecule has 21 heavy (non-hydrogen) atoms. The first kappa shape index (κ1) is 19.7. The van der Waals surface area contributed by atoms with Crippen molar-refractivity contribution in [2.45, 2.75) is 25.7 Å². The van der Waals surface area contributed by atoms with Gasteiger partial charge in [-0.1, -0.05) is 0 Å². The zero-order valence-corrected chi connectivity index (χ0v) is 12.5. The summed E-state index contributed by atoms with van der Waals surface area (Å²) in [6.07, 6.45) is 2.46. The van der Waals surface area contributed by atoms with Crippen LogP contribution in [0.2, 0.25) is 0 Å². The number of hydrogen-bond donors (Lipinski definition) is 1. The van der Waals surface area contributed by atoms with Gasteiger partial charge in [0.1, 0.15) is 0 Å². The number of aliphatic carboxylic acids is 1. The Morgan fingerprint density at radius 1 is 1.10 bits per heavy atom. The van der Waals surface area contributed by atoms with E-state index in [1.807, 2.05) is 6.07 Å². The van der Waals surface area contributed by atoms with Gasteiger partial charge in [-0.25, -0.2) is 0 Å². The summed E-state index contributed by atoms with van der Waals surface area (Å²) in [5, 5.41) is 25.7. The van der Waals surface area contributed by atoms with Gasteiger partial charge in [-0.15, -0.1) is 0 Å². The Labute approximate surface area is 131 Å². The van der Waals surface area contributed by atoms with Crippen molar-refractivity contribution in [2.75, 3.05) is 26.4 Å². The third-order valence-electron chi connectivity index (χ3n) is 3.37. The summed E-state index contributed by atoms with van der Waals surface area (Å²) in [4.78, 5) is 10.6. The fourth-order valence-corrected chi connectivity index (χ4v) is 1.92. The molecule has 2 saturated heterocycles. The van der Waals surface area contributed by atoms with Crippen LogP contribution in [-0.4, -0.2) is 37.5 Å². The number of carbonyl (C=O) groups is 1. The molecule has 0 bridgehead atoms. The van der Waals surface area contributed by atoms with Crippen molar-refractivity contribution < 1.29 is 39.2 Å². The van der Waals surface area contributed by atoms with Gasteiger partial charge in [0.05, 0.1) is 18.1 Å². The van der Waals surface area contributed by atoms with Crippen LogP contribution in [0.25, 0.3) is 0 Å². The molecule has 0 spiro atoms. The molecule has 121 valence electrons. The maximum atomic E-state index is 10.6. The molecule has 2 aliphatic heterocycles. The van der Waals surface area contributed by atoms with E-state index in [0.717, 1.165) is 26.1 Å². The SMILES string of the molecule is N#CC1(C(=O)O)CCOCC1.N#CC1CCOCC1.[O]=[Cu]. The van der Waals surface area contributed by atoms with Crippen LogP contribution in [0.5, 0.6) is 0 Å². The van der Waals surface area contributed by atoms with Crippen LogP contribution in [0.15, 0.2) is 0 Å². The average molecular weight is 346 g/mol. The second kappa shape index (κ2) is 11.4. The molecule has 0 aromatic rings. The molecule has 0 aromatic carbocycles. The molecule has 0 radical (unpaired) electrons. The molecule has 0 aliphatic carbocycles. The monoisotopic (exact) mass is 345 g/mol. The summed E-state index contributed by atoms with van der Waals surface area (Å²) in [5.41, 5.74) is -1.18. The topological polar surface area (TPSA) is 120 Å². The summed E-state index contributed by atoms with van der Waals surface area (Å²) in [6.45, 7) is 2.30. The molecule has 2 aliphatic rings. The van der Waals surface area contributed by atoms with E-state index >= 15 is 0 Å². The van der Waals surface area contributed by atoms with Crippen molar-refractivity contribution >= 4 is 5.97 Å². The van der Waals surface area contributed by atoms with E-state index in [1.165, 1.54) is 0 Å². The fraction of sp³-hybridized carbons (Fsp3) is 0.769. The Balaban J connectivity index is 0.000000354. The van der Waals surface area contributed by atoms with E-state index in [9.17, 15) is 4.79 Å². The second-order valence-electron chi connectivity index (χ2n) is 4.63. The first-order valence-electron chi connectivity index (χ1n) is 6.47. The van der Waals surface area contributed by atoms with Crippen molar-refractivity contribution in [1.29, 1.82) is 10.5 Å². The normalized spacial score (nSPS) is 20.4. The van der Waals surface area contributed by atoms with Gasteiger partial charge >= 0.3 is 25.7 Å². The van der Waals surface area contributed by atoms with Crippen molar-refractivity contribution in [3.8, 4) is 12.1 Å². The number of nitriles is 2. The standard InChI is InChI=1S/C7H9NO3.C6H9NO.Cu.O/c8-5-7(6(9)10)1-3-11-4-2-7;7-5-6-1-3-8-4-2-6;;/h1-4H2,(H,9,10);6H,1-4H2;;. The summed E-state index contributed by atoms with van der Waals surface area (Å²) >= 11 is 2.94. The average Bonchev–Trinajstić information content (AvgIpc) is 2.58. The van der Waals surface area contributed by atoms with Crippen molar-refractivity contribution in [3.63, 3.8) is 0 Å². The van der Waals surface area contributed by atoms with Gasteiger partial charge in [-0.2, -0.15) is 10.5 Å². The molecular weight excluding hydrogens is 328 g/mol. The van der Waals surface area contributed by atoms with Gasteiger partial charge in [-0.05, 0) is 12.8 Å². The molecule has 0 amide bonds.